The van der Waals surface area contributed by atoms with Gasteiger partial charge in [-0.05, 0) is 0 Å². The minimum atomic E-state index is -0.186. The molecule has 0 aliphatic carbocycles. The number of urea groups is 1. The van der Waals surface area contributed by atoms with Crippen LogP contribution in [0.3, 0.4) is 0 Å². The number of carbonyl (C=O) groups excluding carboxylic acids is 1. The van der Waals surface area contributed by atoms with Crippen LogP contribution in [-0.2, 0) is 4.74 Å². The highest BCUT2D eigenvalue weighted by Gasteiger charge is 2.20. The minimum Gasteiger partial charge on any atom is -0.454 e. The monoisotopic (exact) mass is 265 g/mol. The van der Waals surface area contributed by atoms with E-state index in [0.717, 1.165) is 0 Å². The lowest BCUT2D eigenvalue weighted by Gasteiger charge is -2.27. The van der Waals surface area contributed by atoms with Gasteiger partial charge in [-0.25, -0.2) is 4.79 Å². The molecule has 0 radical (unpaired) electrons. The molecule has 3 rings (SSSR count). The SMILES string of the molecule is Nc1cc2c(cc1NC(=O)N1CCOCC1)OCO2. The van der Waals surface area contributed by atoms with Crippen LogP contribution in [0, 0.1) is 0 Å². The Balaban J connectivity index is 1.74. The van der Waals surface area contributed by atoms with Crippen molar-refractivity contribution in [3.63, 3.8) is 0 Å². The summed E-state index contributed by atoms with van der Waals surface area (Å²) in [6.07, 6.45) is 0. The zero-order chi connectivity index (χ0) is 13.2. The molecule has 3 N–H and O–H groups in total. The zero-order valence-electron chi connectivity index (χ0n) is 10.3. The summed E-state index contributed by atoms with van der Waals surface area (Å²) in [7, 11) is 0. The van der Waals surface area contributed by atoms with E-state index in [1.807, 2.05) is 0 Å². The van der Waals surface area contributed by atoms with Crippen molar-refractivity contribution in [2.75, 3.05) is 44.1 Å². The summed E-state index contributed by atoms with van der Waals surface area (Å²) < 4.78 is 15.7. The first kappa shape index (κ1) is 11.9. The van der Waals surface area contributed by atoms with Crippen LogP contribution in [0.15, 0.2) is 12.1 Å². The van der Waals surface area contributed by atoms with Crippen molar-refractivity contribution >= 4 is 17.4 Å². The molecule has 1 aromatic rings. The maximum Gasteiger partial charge on any atom is 0.322 e. The molecule has 7 nitrogen and oxygen atoms in total. The summed E-state index contributed by atoms with van der Waals surface area (Å²) in [6.45, 7) is 2.45. The molecule has 19 heavy (non-hydrogen) atoms. The van der Waals surface area contributed by atoms with Crippen LogP contribution < -0.4 is 20.5 Å². The molecule has 2 heterocycles. The van der Waals surface area contributed by atoms with Crippen molar-refractivity contribution in [1.29, 1.82) is 0 Å². The summed E-state index contributed by atoms with van der Waals surface area (Å²) in [5.41, 5.74) is 6.86. The first-order valence-electron chi connectivity index (χ1n) is 6.07. The van der Waals surface area contributed by atoms with E-state index in [-0.39, 0.29) is 12.8 Å². The third kappa shape index (κ3) is 2.37. The molecule has 0 unspecified atom stereocenters. The average molecular weight is 265 g/mol. The largest absolute Gasteiger partial charge is 0.454 e. The molecule has 0 saturated carbocycles. The molecule has 0 atom stereocenters. The Morgan fingerprint density at radius 1 is 1.21 bits per heavy atom. The molecule has 102 valence electrons. The number of nitrogen functional groups attached to an aromatic ring is 1. The normalized spacial score (nSPS) is 17.4. The van der Waals surface area contributed by atoms with E-state index in [1.54, 1.807) is 17.0 Å². The fourth-order valence-electron chi connectivity index (χ4n) is 2.03. The Morgan fingerprint density at radius 3 is 2.63 bits per heavy atom. The predicted octanol–water partition coefficient (Wildman–Crippen LogP) is 0.862. The number of benzene rings is 1. The Bertz CT molecular complexity index is 500. The number of anilines is 2. The van der Waals surface area contributed by atoms with Gasteiger partial charge >= 0.3 is 6.03 Å². The van der Waals surface area contributed by atoms with Gasteiger partial charge in [-0.2, -0.15) is 0 Å². The number of rotatable bonds is 1. The number of nitrogens with one attached hydrogen (secondary N) is 1. The maximum atomic E-state index is 12.1. The molecule has 0 bridgehead atoms. The Labute approximate surface area is 110 Å². The summed E-state index contributed by atoms with van der Waals surface area (Å²) in [6, 6.07) is 3.14. The third-order valence-corrected chi connectivity index (χ3v) is 3.08. The zero-order valence-corrected chi connectivity index (χ0v) is 10.3. The maximum absolute atomic E-state index is 12.1. The van der Waals surface area contributed by atoms with Gasteiger partial charge < -0.3 is 30.2 Å². The number of fused-ring (bicyclic) bond motifs is 1. The second-order valence-electron chi connectivity index (χ2n) is 4.32. The number of amides is 2. The minimum absolute atomic E-state index is 0.176. The molecule has 7 heteroatoms. The predicted molar refractivity (Wildman–Crippen MR) is 68.4 cm³/mol. The highest BCUT2D eigenvalue weighted by molar-refractivity contribution is 5.93. The Hall–Kier alpha value is -2.15. The molecular formula is C12H15N3O4. The first-order chi connectivity index (χ1) is 9.24. The number of nitrogens with two attached hydrogens (primary N) is 1. The van der Waals surface area contributed by atoms with Crippen LogP contribution in [0.25, 0.3) is 0 Å². The van der Waals surface area contributed by atoms with E-state index in [2.05, 4.69) is 5.32 Å². The van der Waals surface area contributed by atoms with Gasteiger partial charge in [0.25, 0.3) is 0 Å². The fraction of sp³-hybridized carbons (Fsp3) is 0.417. The highest BCUT2D eigenvalue weighted by Crippen LogP contribution is 2.38. The quantitative estimate of drug-likeness (QED) is 0.735. The van der Waals surface area contributed by atoms with Crippen molar-refractivity contribution < 1.29 is 19.0 Å². The number of hydrogen-bond acceptors (Lipinski definition) is 5. The number of nitrogens with zero attached hydrogens (tertiary/aromatic N) is 1. The van der Waals surface area contributed by atoms with Gasteiger partial charge in [-0.3, -0.25) is 0 Å². The second kappa shape index (κ2) is 4.85. The number of ether oxygens (including phenoxy) is 3. The lowest BCUT2D eigenvalue weighted by atomic mass is 10.2. The fourth-order valence-corrected chi connectivity index (χ4v) is 2.03. The van der Waals surface area contributed by atoms with E-state index in [9.17, 15) is 4.79 Å². The van der Waals surface area contributed by atoms with E-state index in [4.69, 9.17) is 19.9 Å². The summed E-state index contributed by atoms with van der Waals surface area (Å²) in [4.78, 5) is 13.7. The van der Waals surface area contributed by atoms with Crippen LogP contribution in [0.4, 0.5) is 16.2 Å². The van der Waals surface area contributed by atoms with Crippen molar-refractivity contribution in [3.05, 3.63) is 12.1 Å². The molecule has 2 aliphatic rings. The second-order valence-corrected chi connectivity index (χ2v) is 4.32. The Kier molecular flexibility index (Phi) is 3.04. The molecular weight excluding hydrogens is 250 g/mol. The standard InChI is InChI=1S/C12H15N3O4/c13-8-5-10-11(19-7-18-10)6-9(8)14-12(16)15-1-3-17-4-2-15/h5-6H,1-4,7,13H2,(H,14,16). The third-order valence-electron chi connectivity index (χ3n) is 3.08. The number of morpholine rings is 1. The molecule has 1 saturated heterocycles. The van der Waals surface area contributed by atoms with Crippen LogP contribution in [0.5, 0.6) is 11.5 Å². The van der Waals surface area contributed by atoms with Gasteiger partial charge in [0.15, 0.2) is 11.5 Å². The van der Waals surface area contributed by atoms with E-state index in [1.165, 1.54) is 0 Å². The van der Waals surface area contributed by atoms with E-state index >= 15 is 0 Å². The van der Waals surface area contributed by atoms with Gasteiger partial charge in [-0.1, -0.05) is 0 Å². The summed E-state index contributed by atoms with van der Waals surface area (Å²) in [5.74, 6) is 1.19. The van der Waals surface area contributed by atoms with Crippen LogP contribution in [0.2, 0.25) is 0 Å². The van der Waals surface area contributed by atoms with Crippen LogP contribution in [0.1, 0.15) is 0 Å². The lowest BCUT2D eigenvalue weighted by Crippen LogP contribution is -2.43. The summed E-state index contributed by atoms with van der Waals surface area (Å²) in [5, 5.41) is 2.78. The van der Waals surface area contributed by atoms with Gasteiger partial charge in [-0.15, -0.1) is 0 Å². The van der Waals surface area contributed by atoms with Gasteiger partial charge in [0.1, 0.15) is 0 Å². The topological polar surface area (TPSA) is 86.1 Å². The van der Waals surface area contributed by atoms with Crippen molar-refractivity contribution in [2.24, 2.45) is 0 Å². The number of carbonyl (C=O) groups is 1. The van der Waals surface area contributed by atoms with Gasteiger partial charge in [0.05, 0.1) is 24.6 Å². The molecule has 1 fully saturated rings. The van der Waals surface area contributed by atoms with Crippen LogP contribution >= 0.6 is 0 Å². The lowest BCUT2D eigenvalue weighted by molar-refractivity contribution is 0.0564. The highest BCUT2D eigenvalue weighted by atomic mass is 16.7. The summed E-state index contributed by atoms with van der Waals surface area (Å²) >= 11 is 0. The average Bonchev–Trinajstić information content (AvgIpc) is 2.87. The molecule has 1 aromatic carbocycles. The van der Waals surface area contributed by atoms with Crippen molar-refractivity contribution in [2.45, 2.75) is 0 Å². The first-order valence-corrected chi connectivity index (χ1v) is 6.07. The molecule has 2 aliphatic heterocycles. The van der Waals surface area contributed by atoms with E-state index < -0.39 is 0 Å². The van der Waals surface area contributed by atoms with Crippen molar-refractivity contribution in [1.82, 2.24) is 4.90 Å². The molecule has 2 amide bonds. The van der Waals surface area contributed by atoms with Gasteiger partial charge in [0.2, 0.25) is 6.79 Å². The van der Waals surface area contributed by atoms with Crippen LogP contribution in [-0.4, -0.2) is 44.0 Å². The van der Waals surface area contributed by atoms with E-state index in [0.29, 0.717) is 49.2 Å². The number of hydrogen-bond donors (Lipinski definition) is 2. The van der Waals surface area contributed by atoms with Gasteiger partial charge in [0, 0.05) is 25.2 Å². The molecule has 0 spiro atoms. The molecule has 0 aromatic heterocycles. The smallest absolute Gasteiger partial charge is 0.322 e. The Morgan fingerprint density at radius 2 is 1.89 bits per heavy atom. The van der Waals surface area contributed by atoms with Crippen molar-refractivity contribution in [3.8, 4) is 11.5 Å².